The van der Waals surface area contributed by atoms with Gasteiger partial charge in [-0.15, -0.1) is 11.3 Å². The van der Waals surface area contributed by atoms with Crippen molar-refractivity contribution in [3.8, 4) is 0 Å². The first-order valence-electron chi connectivity index (χ1n) is 6.95. The van der Waals surface area contributed by atoms with Crippen LogP contribution >= 0.6 is 11.3 Å². The molecule has 1 heterocycles. The van der Waals surface area contributed by atoms with Crippen molar-refractivity contribution in [3.05, 3.63) is 15.6 Å². The summed E-state index contributed by atoms with van der Waals surface area (Å²) in [7, 11) is 1.77. The van der Waals surface area contributed by atoms with E-state index in [-0.39, 0.29) is 11.5 Å². The van der Waals surface area contributed by atoms with Crippen molar-refractivity contribution < 1.29 is 4.74 Å². The fraction of sp³-hybridized carbons (Fsp3) is 0.800. The molecule has 1 atom stereocenters. The molecule has 1 aromatic rings. The Kier molecular flexibility index (Phi) is 5.96. The van der Waals surface area contributed by atoms with E-state index in [9.17, 15) is 0 Å². The van der Waals surface area contributed by atoms with E-state index in [2.05, 4.69) is 46.9 Å². The fourth-order valence-electron chi connectivity index (χ4n) is 2.03. The summed E-state index contributed by atoms with van der Waals surface area (Å²) in [6.45, 7) is 15.0. The summed E-state index contributed by atoms with van der Waals surface area (Å²) in [4.78, 5) is 6.02. The average Bonchev–Trinajstić information content (AvgIpc) is 2.58. The normalized spacial score (nSPS) is 14.1. The first-order chi connectivity index (χ1) is 8.75. The third kappa shape index (κ3) is 4.86. The van der Waals surface area contributed by atoms with Crippen molar-refractivity contribution in [2.75, 3.05) is 13.7 Å². The van der Waals surface area contributed by atoms with E-state index in [1.165, 1.54) is 4.88 Å². The maximum absolute atomic E-state index is 5.64. The molecule has 0 amide bonds. The van der Waals surface area contributed by atoms with Crippen LogP contribution in [0.4, 0.5) is 0 Å². The standard InChI is InChI=1S/C15H28N2OS/c1-10(2)8-16-9-12-11(3)17-14(19-12)13(18-7)15(4,5)6/h10,13,16H,8-9H2,1-7H3. The predicted molar refractivity (Wildman–Crippen MR) is 82.6 cm³/mol. The molecule has 1 rings (SSSR count). The van der Waals surface area contributed by atoms with Gasteiger partial charge in [0, 0.05) is 18.5 Å². The third-order valence-electron chi connectivity index (χ3n) is 2.99. The highest BCUT2D eigenvalue weighted by atomic mass is 32.1. The van der Waals surface area contributed by atoms with Gasteiger partial charge in [-0.25, -0.2) is 4.98 Å². The predicted octanol–water partition coefficient (Wildman–Crippen LogP) is 3.93. The summed E-state index contributed by atoms with van der Waals surface area (Å²) in [5.74, 6) is 0.675. The molecule has 0 saturated heterocycles. The second-order valence-corrected chi connectivity index (χ2v) is 7.68. The molecule has 0 aliphatic rings. The Hall–Kier alpha value is -0.450. The minimum atomic E-state index is 0.0649. The third-order valence-corrected chi connectivity index (χ3v) is 4.19. The molecule has 3 nitrogen and oxygen atoms in total. The first-order valence-corrected chi connectivity index (χ1v) is 7.77. The number of aryl methyl sites for hydroxylation is 1. The van der Waals surface area contributed by atoms with Crippen LogP contribution in [0.3, 0.4) is 0 Å². The van der Waals surface area contributed by atoms with Gasteiger partial charge in [0.05, 0.1) is 5.69 Å². The zero-order valence-corrected chi connectivity index (χ0v) is 14.1. The van der Waals surface area contributed by atoms with E-state index in [1.54, 1.807) is 18.4 Å². The number of methoxy groups -OCH3 is 1. The molecular formula is C15H28N2OS. The SMILES string of the molecule is COC(c1nc(C)c(CNCC(C)C)s1)C(C)(C)C. The minimum Gasteiger partial charge on any atom is -0.374 e. The number of hydrogen-bond acceptors (Lipinski definition) is 4. The van der Waals surface area contributed by atoms with Gasteiger partial charge in [0.25, 0.3) is 0 Å². The lowest BCUT2D eigenvalue weighted by Gasteiger charge is -2.27. The van der Waals surface area contributed by atoms with Gasteiger partial charge >= 0.3 is 0 Å². The Balaban J connectivity index is 2.77. The largest absolute Gasteiger partial charge is 0.374 e. The lowest BCUT2D eigenvalue weighted by atomic mass is 9.89. The summed E-state index contributed by atoms with van der Waals surface area (Å²) in [5.41, 5.74) is 1.20. The Morgan fingerprint density at radius 1 is 1.32 bits per heavy atom. The summed E-state index contributed by atoms with van der Waals surface area (Å²) in [6.07, 6.45) is 0.0649. The Bertz CT molecular complexity index is 393. The maximum atomic E-state index is 5.64. The fourth-order valence-corrected chi connectivity index (χ4v) is 3.39. The summed E-state index contributed by atoms with van der Waals surface area (Å²) in [5, 5.41) is 4.57. The van der Waals surface area contributed by atoms with Gasteiger partial charge in [-0.3, -0.25) is 0 Å². The van der Waals surface area contributed by atoms with Gasteiger partial charge in [-0.2, -0.15) is 0 Å². The van der Waals surface area contributed by atoms with Crippen LogP contribution in [0.2, 0.25) is 0 Å². The molecule has 0 fully saturated rings. The number of rotatable bonds is 6. The van der Waals surface area contributed by atoms with Gasteiger partial charge in [0.1, 0.15) is 11.1 Å². The van der Waals surface area contributed by atoms with E-state index in [1.807, 2.05) is 0 Å². The molecule has 0 radical (unpaired) electrons. The van der Waals surface area contributed by atoms with Gasteiger partial charge in [-0.1, -0.05) is 34.6 Å². The molecule has 1 N–H and O–H groups in total. The second-order valence-electron chi connectivity index (χ2n) is 6.57. The molecule has 0 aromatic carbocycles. The van der Waals surface area contributed by atoms with E-state index in [0.29, 0.717) is 5.92 Å². The number of ether oxygens (including phenoxy) is 1. The van der Waals surface area contributed by atoms with Crippen LogP contribution in [0, 0.1) is 18.3 Å². The monoisotopic (exact) mass is 284 g/mol. The molecule has 0 bridgehead atoms. The quantitative estimate of drug-likeness (QED) is 0.859. The highest BCUT2D eigenvalue weighted by Gasteiger charge is 2.29. The molecule has 0 aliphatic heterocycles. The van der Waals surface area contributed by atoms with Gasteiger partial charge in [0.2, 0.25) is 0 Å². The lowest BCUT2D eigenvalue weighted by Crippen LogP contribution is -2.19. The van der Waals surface area contributed by atoms with E-state index in [4.69, 9.17) is 9.72 Å². The van der Waals surface area contributed by atoms with Crippen molar-refractivity contribution in [2.24, 2.45) is 11.3 Å². The molecule has 19 heavy (non-hydrogen) atoms. The van der Waals surface area contributed by atoms with Crippen molar-refractivity contribution in [1.29, 1.82) is 0 Å². The highest BCUT2D eigenvalue weighted by Crippen LogP contribution is 2.38. The van der Waals surface area contributed by atoms with Crippen LogP contribution in [0.1, 0.15) is 56.3 Å². The van der Waals surface area contributed by atoms with Crippen LogP contribution in [-0.2, 0) is 11.3 Å². The topological polar surface area (TPSA) is 34.1 Å². The van der Waals surface area contributed by atoms with Crippen LogP contribution in [0.15, 0.2) is 0 Å². The summed E-state index contributed by atoms with van der Waals surface area (Å²) in [6, 6.07) is 0. The molecule has 1 aromatic heterocycles. The number of aromatic nitrogens is 1. The van der Waals surface area contributed by atoms with Crippen molar-refractivity contribution >= 4 is 11.3 Å². The smallest absolute Gasteiger partial charge is 0.123 e. The molecule has 110 valence electrons. The molecule has 4 heteroatoms. The van der Waals surface area contributed by atoms with E-state index < -0.39 is 0 Å². The van der Waals surface area contributed by atoms with Crippen LogP contribution in [0.25, 0.3) is 0 Å². The van der Waals surface area contributed by atoms with Crippen LogP contribution < -0.4 is 5.32 Å². The molecular weight excluding hydrogens is 256 g/mol. The first kappa shape index (κ1) is 16.6. The number of nitrogens with zero attached hydrogens (tertiary/aromatic N) is 1. The van der Waals surface area contributed by atoms with Gasteiger partial charge in [0.15, 0.2) is 0 Å². The zero-order chi connectivity index (χ0) is 14.6. The van der Waals surface area contributed by atoms with E-state index in [0.717, 1.165) is 23.8 Å². The Labute approximate surface area is 121 Å². The number of hydrogen-bond donors (Lipinski definition) is 1. The van der Waals surface area contributed by atoms with Crippen molar-refractivity contribution in [3.63, 3.8) is 0 Å². The highest BCUT2D eigenvalue weighted by molar-refractivity contribution is 7.11. The van der Waals surface area contributed by atoms with Gasteiger partial charge < -0.3 is 10.1 Å². The second kappa shape index (κ2) is 6.82. The Morgan fingerprint density at radius 3 is 2.42 bits per heavy atom. The molecule has 0 aliphatic carbocycles. The minimum absolute atomic E-state index is 0.0649. The average molecular weight is 284 g/mol. The summed E-state index contributed by atoms with van der Waals surface area (Å²) >= 11 is 1.77. The van der Waals surface area contributed by atoms with Crippen LogP contribution in [-0.4, -0.2) is 18.6 Å². The molecule has 0 saturated carbocycles. The molecule has 0 spiro atoms. The lowest BCUT2D eigenvalue weighted by molar-refractivity contribution is 0.0150. The van der Waals surface area contributed by atoms with Crippen molar-refractivity contribution in [1.82, 2.24) is 10.3 Å². The van der Waals surface area contributed by atoms with E-state index >= 15 is 0 Å². The zero-order valence-electron chi connectivity index (χ0n) is 13.3. The summed E-state index contributed by atoms with van der Waals surface area (Å²) < 4.78 is 5.64. The Morgan fingerprint density at radius 2 is 1.95 bits per heavy atom. The maximum Gasteiger partial charge on any atom is 0.123 e. The molecule has 1 unspecified atom stereocenters. The van der Waals surface area contributed by atoms with Crippen LogP contribution in [0.5, 0.6) is 0 Å². The number of nitrogens with one attached hydrogen (secondary N) is 1. The van der Waals surface area contributed by atoms with Gasteiger partial charge in [-0.05, 0) is 24.8 Å². The van der Waals surface area contributed by atoms with Crippen molar-refractivity contribution in [2.45, 2.75) is 54.2 Å². The number of thiazole rings is 1.